The molecule has 4 heteroatoms. The van der Waals surface area contributed by atoms with Crippen LogP contribution >= 0.6 is 0 Å². The lowest BCUT2D eigenvalue weighted by atomic mass is 10.1. The Morgan fingerprint density at radius 2 is 1.86 bits per heavy atom. The molecule has 1 aromatic rings. The second-order valence-electron chi connectivity index (χ2n) is 5.34. The van der Waals surface area contributed by atoms with E-state index in [-0.39, 0.29) is 5.91 Å². The van der Waals surface area contributed by atoms with E-state index in [2.05, 4.69) is 24.5 Å². The fourth-order valence-electron chi connectivity index (χ4n) is 1.99. The molecule has 0 radical (unpaired) electrons. The molecule has 21 heavy (non-hydrogen) atoms. The van der Waals surface area contributed by atoms with Crippen LogP contribution in [0.1, 0.15) is 51.6 Å². The first-order valence-corrected chi connectivity index (χ1v) is 7.80. The summed E-state index contributed by atoms with van der Waals surface area (Å²) in [4.78, 5) is 11.9. The van der Waals surface area contributed by atoms with Crippen LogP contribution in [0.2, 0.25) is 0 Å². The van der Waals surface area contributed by atoms with Crippen molar-refractivity contribution in [3.05, 3.63) is 29.8 Å². The van der Waals surface area contributed by atoms with Gasteiger partial charge in [-0.05, 0) is 45.0 Å². The second-order valence-corrected chi connectivity index (χ2v) is 5.34. The fourth-order valence-corrected chi connectivity index (χ4v) is 1.99. The highest BCUT2D eigenvalue weighted by Gasteiger charge is 2.14. The first-order valence-electron chi connectivity index (χ1n) is 7.80. The third kappa shape index (κ3) is 6.17. The van der Waals surface area contributed by atoms with Crippen LogP contribution in [-0.2, 0) is 4.79 Å². The lowest BCUT2D eigenvalue weighted by Gasteiger charge is -2.16. The van der Waals surface area contributed by atoms with Gasteiger partial charge in [-0.15, -0.1) is 0 Å². The SMILES string of the molecule is CCCCCNC(=O)C(C)Oc1ccc(C(C)NC)cc1. The predicted octanol–water partition coefficient (Wildman–Crippen LogP) is 3.04. The zero-order valence-corrected chi connectivity index (χ0v) is 13.6. The van der Waals surface area contributed by atoms with Gasteiger partial charge >= 0.3 is 0 Å². The molecular weight excluding hydrogens is 264 g/mol. The Morgan fingerprint density at radius 3 is 2.43 bits per heavy atom. The van der Waals surface area contributed by atoms with Crippen LogP contribution in [0.25, 0.3) is 0 Å². The van der Waals surface area contributed by atoms with Gasteiger partial charge in [0, 0.05) is 12.6 Å². The van der Waals surface area contributed by atoms with E-state index in [4.69, 9.17) is 4.74 Å². The van der Waals surface area contributed by atoms with Gasteiger partial charge in [0.05, 0.1) is 0 Å². The van der Waals surface area contributed by atoms with Crippen LogP contribution in [0.5, 0.6) is 5.75 Å². The van der Waals surface area contributed by atoms with Crippen molar-refractivity contribution >= 4 is 5.91 Å². The van der Waals surface area contributed by atoms with E-state index in [1.807, 2.05) is 31.3 Å². The maximum absolute atomic E-state index is 11.9. The number of benzene rings is 1. The third-order valence-electron chi connectivity index (χ3n) is 3.57. The van der Waals surface area contributed by atoms with Crippen LogP contribution in [0, 0.1) is 0 Å². The van der Waals surface area contributed by atoms with Gasteiger partial charge in [0.25, 0.3) is 5.91 Å². The van der Waals surface area contributed by atoms with Gasteiger partial charge in [0.1, 0.15) is 5.75 Å². The van der Waals surface area contributed by atoms with Crippen molar-refractivity contribution in [3.63, 3.8) is 0 Å². The van der Waals surface area contributed by atoms with Crippen LogP contribution in [-0.4, -0.2) is 25.6 Å². The van der Waals surface area contributed by atoms with Gasteiger partial charge in [-0.25, -0.2) is 0 Å². The molecule has 0 saturated heterocycles. The molecule has 0 aliphatic heterocycles. The van der Waals surface area contributed by atoms with Crippen molar-refractivity contribution in [2.45, 2.75) is 52.2 Å². The number of rotatable bonds is 9. The smallest absolute Gasteiger partial charge is 0.260 e. The van der Waals surface area contributed by atoms with Gasteiger partial charge in [-0.1, -0.05) is 31.9 Å². The molecule has 1 rings (SSSR count). The zero-order chi connectivity index (χ0) is 15.7. The first kappa shape index (κ1) is 17.5. The van der Waals surface area contributed by atoms with Gasteiger partial charge in [-0.2, -0.15) is 0 Å². The topological polar surface area (TPSA) is 50.4 Å². The summed E-state index contributed by atoms with van der Waals surface area (Å²) in [6.07, 6.45) is 2.84. The van der Waals surface area contributed by atoms with Crippen molar-refractivity contribution in [1.29, 1.82) is 0 Å². The monoisotopic (exact) mass is 292 g/mol. The third-order valence-corrected chi connectivity index (χ3v) is 3.57. The summed E-state index contributed by atoms with van der Waals surface area (Å²) in [7, 11) is 1.93. The molecule has 0 aliphatic rings. The van der Waals surface area contributed by atoms with Gasteiger partial charge < -0.3 is 15.4 Å². The number of carbonyl (C=O) groups is 1. The van der Waals surface area contributed by atoms with Crippen molar-refractivity contribution in [2.24, 2.45) is 0 Å². The van der Waals surface area contributed by atoms with Crippen molar-refractivity contribution in [3.8, 4) is 5.75 Å². The zero-order valence-electron chi connectivity index (χ0n) is 13.6. The average molecular weight is 292 g/mol. The summed E-state index contributed by atoms with van der Waals surface area (Å²) in [5, 5.41) is 6.09. The molecule has 0 saturated carbocycles. The summed E-state index contributed by atoms with van der Waals surface area (Å²) in [6, 6.07) is 8.15. The van der Waals surface area contributed by atoms with Crippen molar-refractivity contribution < 1.29 is 9.53 Å². The number of hydrogen-bond acceptors (Lipinski definition) is 3. The molecule has 1 amide bonds. The lowest BCUT2D eigenvalue weighted by Crippen LogP contribution is -2.36. The van der Waals surface area contributed by atoms with Crippen LogP contribution < -0.4 is 15.4 Å². The number of carbonyl (C=O) groups excluding carboxylic acids is 1. The Morgan fingerprint density at radius 1 is 1.19 bits per heavy atom. The Bertz CT molecular complexity index is 417. The number of hydrogen-bond donors (Lipinski definition) is 2. The van der Waals surface area contributed by atoms with Crippen LogP contribution in [0.4, 0.5) is 0 Å². The van der Waals surface area contributed by atoms with E-state index >= 15 is 0 Å². The molecule has 118 valence electrons. The number of nitrogens with one attached hydrogen (secondary N) is 2. The molecule has 0 heterocycles. The maximum atomic E-state index is 11.9. The van der Waals surface area contributed by atoms with E-state index in [1.54, 1.807) is 6.92 Å². The van der Waals surface area contributed by atoms with Gasteiger partial charge in [0.15, 0.2) is 6.10 Å². The highest BCUT2D eigenvalue weighted by atomic mass is 16.5. The highest BCUT2D eigenvalue weighted by molar-refractivity contribution is 5.80. The molecule has 0 fully saturated rings. The first-order chi connectivity index (χ1) is 10.1. The van der Waals surface area contributed by atoms with Crippen LogP contribution in [0.3, 0.4) is 0 Å². The van der Waals surface area contributed by atoms with Gasteiger partial charge in [-0.3, -0.25) is 4.79 Å². The Balaban J connectivity index is 2.43. The molecule has 0 bridgehead atoms. The molecule has 2 N–H and O–H groups in total. The van der Waals surface area contributed by atoms with E-state index in [0.29, 0.717) is 6.04 Å². The number of amides is 1. The van der Waals surface area contributed by atoms with Gasteiger partial charge in [0.2, 0.25) is 0 Å². The summed E-state index contributed by atoms with van der Waals surface area (Å²) in [5.74, 6) is 0.664. The predicted molar refractivity (Wildman–Crippen MR) is 86.5 cm³/mol. The molecule has 2 unspecified atom stereocenters. The molecule has 2 atom stereocenters. The highest BCUT2D eigenvalue weighted by Crippen LogP contribution is 2.18. The van der Waals surface area contributed by atoms with E-state index < -0.39 is 6.10 Å². The van der Waals surface area contributed by atoms with E-state index in [9.17, 15) is 4.79 Å². The van der Waals surface area contributed by atoms with Crippen LogP contribution in [0.15, 0.2) is 24.3 Å². The normalized spacial score (nSPS) is 13.5. The molecule has 1 aromatic carbocycles. The minimum Gasteiger partial charge on any atom is -0.481 e. The Kier molecular flexibility index (Phi) is 7.83. The molecule has 0 aromatic heterocycles. The Labute approximate surface area is 128 Å². The Hall–Kier alpha value is -1.55. The minimum atomic E-state index is -0.473. The number of unbranched alkanes of at least 4 members (excludes halogenated alkanes) is 2. The quantitative estimate of drug-likeness (QED) is 0.688. The summed E-state index contributed by atoms with van der Waals surface area (Å²) in [6.45, 7) is 6.74. The molecular formula is C17H28N2O2. The maximum Gasteiger partial charge on any atom is 0.260 e. The van der Waals surface area contributed by atoms with E-state index in [0.717, 1.165) is 31.6 Å². The minimum absolute atomic E-state index is 0.0567. The molecule has 0 aliphatic carbocycles. The second kappa shape index (κ2) is 9.40. The van der Waals surface area contributed by atoms with E-state index in [1.165, 1.54) is 5.56 Å². The largest absolute Gasteiger partial charge is 0.481 e. The summed E-state index contributed by atoms with van der Waals surface area (Å²) < 4.78 is 5.67. The average Bonchev–Trinajstić information content (AvgIpc) is 2.51. The number of ether oxygens (including phenoxy) is 1. The standard InChI is InChI=1S/C17H28N2O2/c1-5-6-7-12-19-17(20)14(3)21-16-10-8-15(9-11-16)13(2)18-4/h8-11,13-14,18H,5-7,12H2,1-4H3,(H,19,20). The lowest BCUT2D eigenvalue weighted by molar-refractivity contribution is -0.127. The fraction of sp³-hybridized carbons (Fsp3) is 0.588. The molecule has 4 nitrogen and oxygen atoms in total. The van der Waals surface area contributed by atoms with Crippen molar-refractivity contribution in [2.75, 3.05) is 13.6 Å². The summed E-state index contributed by atoms with van der Waals surface area (Å²) in [5.41, 5.74) is 1.20. The van der Waals surface area contributed by atoms with Crippen molar-refractivity contribution in [1.82, 2.24) is 10.6 Å². The molecule has 0 spiro atoms. The summed E-state index contributed by atoms with van der Waals surface area (Å²) >= 11 is 0.